The third-order valence-corrected chi connectivity index (χ3v) is 2.57. The second kappa shape index (κ2) is 7.45. The molecule has 0 unspecified atom stereocenters. The molecule has 1 N–H and O–H groups in total. The van der Waals surface area contributed by atoms with Gasteiger partial charge in [-0.2, -0.15) is 0 Å². The number of hydrogen-bond donors (Lipinski definition) is 1. The molecular formula is C15H19N3O2. The second-order valence-electron chi connectivity index (χ2n) is 4.30. The number of hydrogen-bond acceptors (Lipinski definition) is 5. The Morgan fingerprint density at radius 2 is 1.80 bits per heavy atom. The SMILES string of the molecule is CCCOc1ccccc1Oc1ncc(CNC)cn1. The van der Waals surface area contributed by atoms with E-state index in [0.29, 0.717) is 24.1 Å². The molecule has 1 aromatic heterocycles. The zero-order valence-corrected chi connectivity index (χ0v) is 11.8. The molecule has 0 fully saturated rings. The van der Waals surface area contributed by atoms with Crippen molar-refractivity contribution in [2.75, 3.05) is 13.7 Å². The molecule has 0 radical (unpaired) electrons. The molecule has 0 atom stereocenters. The van der Waals surface area contributed by atoms with Gasteiger partial charge in [0.05, 0.1) is 6.61 Å². The predicted molar refractivity (Wildman–Crippen MR) is 77.1 cm³/mol. The van der Waals surface area contributed by atoms with E-state index in [1.165, 1.54) is 0 Å². The summed E-state index contributed by atoms with van der Waals surface area (Å²) < 4.78 is 11.3. The highest BCUT2D eigenvalue weighted by molar-refractivity contribution is 5.40. The highest BCUT2D eigenvalue weighted by Gasteiger charge is 2.07. The molecule has 2 rings (SSSR count). The number of para-hydroxylation sites is 2. The number of aromatic nitrogens is 2. The Bertz CT molecular complexity index is 529. The van der Waals surface area contributed by atoms with Gasteiger partial charge in [-0.3, -0.25) is 0 Å². The van der Waals surface area contributed by atoms with E-state index in [4.69, 9.17) is 9.47 Å². The molecule has 0 saturated carbocycles. The lowest BCUT2D eigenvalue weighted by Crippen LogP contribution is -2.06. The number of nitrogens with one attached hydrogen (secondary N) is 1. The number of ether oxygens (including phenoxy) is 2. The minimum Gasteiger partial charge on any atom is -0.490 e. The molecule has 0 bridgehead atoms. The summed E-state index contributed by atoms with van der Waals surface area (Å²) in [7, 11) is 1.88. The number of benzene rings is 1. The second-order valence-corrected chi connectivity index (χ2v) is 4.30. The maximum atomic E-state index is 5.67. The molecule has 5 heteroatoms. The predicted octanol–water partition coefficient (Wildman–Crippen LogP) is 2.78. The lowest BCUT2D eigenvalue weighted by Gasteiger charge is -2.10. The van der Waals surface area contributed by atoms with Crippen molar-refractivity contribution < 1.29 is 9.47 Å². The van der Waals surface area contributed by atoms with Gasteiger partial charge in [-0.1, -0.05) is 19.1 Å². The van der Waals surface area contributed by atoms with Gasteiger partial charge in [0.15, 0.2) is 11.5 Å². The smallest absolute Gasteiger partial charge is 0.322 e. The van der Waals surface area contributed by atoms with Crippen molar-refractivity contribution in [3.8, 4) is 17.5 Å². The van der Waals surface area contributed by atoms with Crippen LogP contribution in [0.25, 0.3) is 0 Å². The Hall–Kier alpha value is -2.14. The van der Waals surface area contributed by atoms with Crippen LogP contribution in [0.5, 0.6) is 17.5 Å². The van der Waals surface area contributed by atoms with Gasteiger partial charge in [0.1, 0.15) is 0 Å². The van der Waals surface area contributed by atoms with E-state index in [1.54, 1.807) is 12.4 Å². The van der Waals surface area contributed by atoms with Crippen molar-refractivity contribution in [3.63, 3.8) is 0 Å². The molecule has 1 heterocycles. The van der Waals surface area contributed by atoms with Crippen LogP contribution in [-0.4, -0.2) is 23.6 Å². The molecule has 0 amide bonds. The first-order valence-electron chi connectivity index (χ1n) is 6.68. The summed E-state index contributed by atoms with van der Waals surface area (Å²) in [5.74, 6) is 1.33. The Morgan fingerprint density at radius 1 is 1.10 bits per heavy atom. The summed E-state index contributed by atoms with van der Waals surface area (Å²) >= 11 is 0. The summed E-state index contributed by atoms with van der Waals surface area (Å²) in [6, 6.07) is 7.84. The summed E-state index contributed by atoms with van der Waals surface area (Å²) in [6.07, 6.45) is 4.44. The van der Waals surface area contributed by atoms with Crippen molar-refractivity contribution >= 4 is 0 Å². The van der Waals surface area contributed by atoms with Gasteiger partial charge in [0.25, 0.3) is 0 Å². The first-order valence-corrected chi connectivity index (χ1v) is 6.68. The van der Waals surface area contributed by atoms with E-state index >= 15 is 0 Å². The zero-order valence-electron chi connectivity index (χ0n) is 11.8. The third-order valence-electron chi connectivity index (χ3n) is 2.57. The van der Waals surface area contributed by atoms with Crippen LogP contribution in [-0.2, 0) is 6.54 Å². The molecular weight excluding hydrogens is 254 g/mol. The summed E-state index contributed by atoms with van der Waals surface area (Å²) in [4.78, 5) is 8.37. The fraction of sp³-hybridized carbons (Fsp3) is 0.333. The fourth-order valence-electron chi connectivity index (χ4n) is 1.66. The molecule has 20 heavy (non-hydrogen) atoms. The van der Waals surface area contributed by atoms with E-state index in [1.807, 2.05) is 31.3 Å². The highest BCUT2D eigenvalue weighted by Crippen LogP contribution is 2.29. The highest BCUT2D eigenvalue weighted by atomic mass is 16.5. The lowest BCUT2D eigenvalue weighted by molar-refractivity contribution is 0.299. The lowest BCUT2D eigenvalue weighted by atomic mass is 10.3. The Morgan fingerprint density at radius 3 is 2.45 bits per heavy atom. The van der Waals surface area contributed by atoms with E-state index in [-0.39, 0.29) is 0 Å². The fourth-order valence-corrected chi connectivity index (χ4v) is 1.66. The minimum atomic E-state index is 0.317. The van der Waals surface area contributed by atoms with Crippen molar-refractivity contribution in [3.05, 3.63) is 42.2 Å². The third kappa shape index (κ3) is 3.93. The molecule has 5 nitrogen and oxygen atoms in total. The first-order chi connectivity index (χ1) is 9.83. The van der Waals surface area contributed by atoms with Gasteiger partial charge >= 0.3 is 6.01 Å². The van der Waals surface area contributed by atoms with Crippen molar-refractivity contribution in [1.29, 1.82) is 0 Å². The van der Waals surface area contributed by atoms with Crippen molar-refractivity contribution in [2.24, 2.45) is 0 Å². The van der Waals surface area contributed by atoms with Gasteiger partial charge in [-0.25, -0.2) is 9.97 Å². The average molecular weight is 273 g/mol. The standard InChI is InChI=1S/C15H19N3O2/c1-3-8-19-13-6-4-5-7-14(13)20-15-17-10-12(9-16-2)11-18-15/h4-7,10-11,16H,3,8-9H2,1-2H3. The Kier molecular flexibility index (Phi) is 5.32. The van der Waals surface area contributed by atoms with Crippen LogP contribution in [0.4, 0.5) is 0 Å². The number of rotatable bonds is 7. The molecule has 0 saturated heterocycles. The maximum Gasteiger partial charge on any atom is 0.322 e. The van der Waals surface area contributed by atoms with E-state index < -0.39 is 0 Å². The van der Waals surface area contributed by atoms with Crippen LogP contribution < -0.4 is 14.8 Å². The number of nitrogens with zero attached hydrogens (tertiary/aromatic N) is 2. The summed E-state index contributed by atoms with van der Waals surface area (Å²) in [6.45, 7) is 3.45. The topological polar surface area (TPSA) is 56.3 Å². The largest absolute Gasteiger partial charge is 0.490 e. The van der Waals surface area contributed by atoms with Crippen LogP contribution in [0.15, 0.2) is 36.7 Å². The molecule has 0 spiro atoms. The quantitative estimate of drug-likeness (QED) is 0.840. The van der Waals surface area contributed by atoms with Gasteiger partial charge in [0.2, 0.25) is 0 Å². The van der Waals surface area contributed by atoms with E-state index in [9.17, 15) is 0 Å². The molecule has 106 valence electrons. The van der Waals surface area contributed by atoms with Crippen LogP contribution >= 0.6 is 0 Å². The van der Waals surface area contributed by atoms with Gasteiger partial charge in [-0.15, -0.1) is 0 Å². The normalized spacial score (nSPS) is 10.3. The van der Waals surface area contributed by atoms with Gasteiger partial charge in [-0.05, 0) is 25.6 Å². The monoisotopic (exact) mass is 273 g/mol. The molecule has 2 aromatic rings. The Balaban J connectivity index is 2.08. The zero-order chi connectivity index (χ0) is 14.2. The molecule has 0 aliphatic heterocycles. The van der Waals surface area contributed by atoms with Crippen LogP contribution in [0, 0.1) is 0 Å². The van der Waals surface area contributed by atoms with Gasteiger partial charge in [0, 0.05) is 24.5 Å². The molecule has 1 aromatic carbocycles. The molecule has 0 aliphatic carbocycles. The van der Waals surface area contributed by atoms with Crippen LogP contribution in [0.2, 0.25) is 0 Å². The van der Waals surface area contributed by atoms with E-state index in [2.05, 4.69) is 22.2 Å². The van der Waals surface area contributed by atoms with Crippen molar-refractivity contribution in [1.82, 2.24) is 15.3 Å². The first kappa shape index (κ1) is 14.3. The average Bonchev–Trinajstić information content (AvgIpc) is 2.49. The molecule has 0 aliphatic rings. The Labute approximate surface area is 119 Å². The van der Waals surface area contributed by atoms with Crippen molar-refractivity contribution in [2.45, 2.75) is 19.9 Å². The van der Waals surface area contributed by atoms with Crippen LogP contribution in [0.1, 0.15) is 18.9 Å². The summed E-state index contributed by atoms with van der Waals surface area (Å²) in [5, 5.41) is 3.04. The van der Waals surface area contributed by atoms with Crippen LogP contribution in [0.3, 0.4) is 0 Å². The van der Waals surface area contributed by atoms with Gasteiger partial charge < -0.3 is 14.8 Å². The maximum absolute atomic E-state index is 5.67. The van der Waals surface area contributed by atoms with E-state index in [0.717, 1.165) is 18.5 Å². The summed E-state index contributed by atoms with van der Waals surface area (Å²) in [5.41, 5.74) is 1.01. The minimum absolute atomic E-state index is 0.317.